The Labute approximate surface area is 199 Å². The Bertz CT molecular complexity index is 1240. The SMILES string of the molecule is COc1ccc(C)cc1N(CC(=O)N/N=C\c1ccc(OCc2ccccc2)cc1)S(C)(=O)=O. The lowest BCUT2D eigenvalue weighted by Gasteiger charge is -2.23. The Morgan fingerprint density at radius 1 is 1.06 bits per heavy atom. The smallest absolute Gasteiger partial charge is 0.260 e. The van der Waals surface area contributed by atoms with Crippen LogP contribution in [0.25, 0.3) is 0 Å². The lowest BCUT2D eigenvalue weighted by molar-refractivity contribution is -0.119. The molecule has 178 valence electrons. The molecule has 34 heavy (non-hydrogen) atoms. The molecule has 0 radical (unpaired) electrons. The molecule has 0 bridgehead atoms. The molecule has 3 aromatic carbocycles. The molecular formula is C25H27N3O5S. The van der Waals surface area contributed by atoms with E-state index in [9.17, 15) is 13.2 Å². The van der Waals surface area contributed by atoms with Gasteiger partial charge in [-0.15, -0.1) is 0 Å². The van der Waals surface area contributed by atoms with Crippen molar-refractivity contribution in [2.45, 2.75) is 13.5 Å². The van der Waals surface area contributed by atoms with Crippen molar-refractivity contribution in [1.82, 2.24) is 5.43 Å². The van der Waals surface area contributed by atoms with Crippen molar-refractivity contribution in [3.63, 3.8) is 0 Å². The molecule has 1 amide bonds. The fourth-order valence-corrected chi connectivity index (χ4v) is 3.96. The lowest BCUT2D eigenvalue weighted by atomic mass is 10.2. The maximum Gasteiger partial charge on any atom is 0.260 e. The number of anilines is 1. The Morgan fingerprint density at radius 3 is 2.41 bits per heavy atom. The molecule has 3 rings (SSSR count). The number of methoxy groups -OCH3 is 1. The van der Waals surface area contributed by atoms with Gasteiger partial charge >= 0.3 is 0 Å². The second-order valence-electron chi connectivity index (χ2n) is 7.58. The van der Waals surface area contributed by atoms with Crippen LogP contribution in [0, 0.1) is 6.92 Å². The van der Waals surface area contributed by atoms with Crippen LogP contribution in [0.15, 0.2) is 77.9 Å². The zero-order valence-corrected chi connectivity index (χ0v) is 20.1. The number of hydrogen-bond donors (Lipinski definition) is 1. The number of carbonyl (C=O) groups excluding carboxylic acids is 1. The zero-order valence-electron chi connectivity index (χ0n) is 19.3. The van der Waals surface area contributed by atoms with Gasteiger partial charge in [-0.05, 0) is 60.0 Å². The highest BCUT2D eigenvalue weighted by Crippen LogP contribution is 2.30. The minimum Gasteiger partial charge on any atom is -0.495 e. The number of sulfonamides is 1. The average Bonchev–Trinajstić information content (AvgIpc) is 2.82. The van der Waals surface area contributed by atoms with Crippen LogP contribution in [0.5, 0.6) is 11.5 Å². The first-order valence-electron chi connectivity index (χ1n) is 10.5. The van der Waals surface area contributed by atoms with Crippen LogP contribution in [0.4, 0.5) is 5.69 Å². The molecule has 0 aromatic heterocycles. The van der Waals surface area contributed by atoms with Gasteiger partial charge in [0.15, 0.2) is 0 Å². The molecule has 0 saturated carbocycles. The number of benzene rings is 3. The number of ether oxygens (including phenoxy) is 2. The summed E-state index contributed by atoms with van der Waals surface area (Å²) in [5.74, 6) is 0.468. The van der Waals surface area contributed by atoms with E-state index in [0.29, 0.717) is 18.1 Å². The topological polar surface area (TPSA) is 97.3 Å². The fraction of sp³-hybridized carbons (Fsp3) is 0.200. The normalized spacial score (nSPS) is 11.3. The highest BCUT2D eigenvalue weighted by Gasteiger charge is 2.24. The predicted octanol–water partition coefficient (Wildman–Crippen LogP) is 3.50. The Morgan fingerprint density at radius 2 is 1.76 bits per heavy atom. The van der Waals surface area contributed by atoms with Crippen molar-refractivity contribution in [3.8, 4) is 11.5 Å². The standard InChI is InChI=1S/C25H27N3O5S/c1-19-9-14-24(32-2)23(15-19)28(34(3,30)31)17-25(29)27-26-16-20-10-12-22(13-11-20)33-18-21-7-5-4-6-8-21/h4-16H,17-18H2,1-3H3,(H,27,29)/b26-16-. The summed E-state index contributed by atoms with van der Waals surface area (Å²) in [6.07, 6.45) is 2.50. The maximum atomic E-state index is 12.4. The van der Waals surface area contributed by atoms with Crippen molar-refractivity contribution < 1.29 is 22.7 Å². The summed E-state index contributed by atoms with van der Waals surface area (Å²) in [6.45, 7) is 1.85. The van der Waals surface area contributed by atoms with Gasteiger partial charge in [0.2, 0.25) is 10.0 Å². The van der Waals surface area contributed by atoms with Crippen LogP contribution >= 0.6 is 0 Å². The van der Waals surface area contributed by atoms with Gasteiger partial charge in [-0.1, -0.05) is 36.4 Å². The summed E-state index contributed by atoms with van der Waals surface area (Å²) >= 11 is 0. The van der Waals surface area contributed by atoms with Crippen molar-refractivity contribution in [2.75, 3.05) is 24.2 Å². The third kappa shape index (κ3) is 7.08. The van der Waals surface area contributed by atoms with Gasteiger partial charge in [0.05, 0.1) is 25.3 Å². The van der Waals surface area contributed by atoms with Crippen molar-refractivity contribution >= 4 is 27.8 Å². The summed E-state index contributed by atoms with van der Waals surface area (Å²) in [4.78, 5) is 12.4. The third-order valence-electron chi connectivity index (χ3n) is 4.82. The first kappa shape index (κ1) is 24.8. The number of aryl methyl sites for hydroxylation is 1. The number of hydrogen-bond acceptors (Lipinski definition) is 6. The van der Waals surface area contributed by atoms with Gasteiger partial charge in [-0.25, -0.2) is 13.8 Å². The minimum absolute atomic E-state index is 0.287. The molecule has 3 aromatic rings. The average molecular weight is 482 g/mol. The molecule has 0 aliphatic heterocycles. The number of rotatable bonds is 10. The van der Waals surface area contributed by atoms with E-state index in [2.05, 4.69) is 10.5 Å². The zero-order chi connectivity index (χ0) is 24.6. The Balaban J connectivity index is 1.59. The van der Waals surface area contributed by atoms with Crippen molar-refractivity contribution in [1.29, 1.82) is 0 Å². The van der Waals surface area contributed by atoms with Crippen LogP contribution in [-0.2, 0) is 21.4 Å². The van der Waals surface area contributed by atoms with E-state index in [1.165, 1.54) is 13.3 Å². The number of carbonyl (C=O) groups is 1. The van der Waals surface area contributed by atoms with Crippen LogP contribution in [0.1, 0.15) is 16.7 Å². The summed E-state index contributed by atoms with van der Waals surface area (Å²) in [5, 5.41) is 3.94. The Kier molecular flexibility index (Phi) is 8.26. The van der Waals surface area contributed by atoms with Crippen LogP contribution in [0.2, 0.25) is 0 Å². The molecule has 0 aliphatic rings. The minimum atomic E-state index is -3.74. The second kappa shape index (κ2) is 11.3. The van der Waals surface area contributed by atoms with Crippen LogP contribution in [0.3, 0.4) is 0 Å². The fourth-order valence-electron chi connectivity index (χ4n) is 3.11. The van der Waals surface area contributed by atoms with E-state index in [1.807, 2.05) is 49.4 Å². The number of nitrogens with one attached hydrogen (secondary N) is 1. The summed E-state index contributed by atoms with van der Waals surface area (Å²) in [6, 6.07) is 22.2. The molecule has 0 aliphatic carbocycles. The van der Waals surface area contributed by atoms with E-state index in [1.54, 1.807) is 30.3 Å². The van der Waals surface area contributed by atoms with Gasteiger partial charge in [0.25, 0.3) is 5.91 Å². The third-order valence-corrected chi connectivity index (χ3v) is 5.95. The van der Waals surface area contributed by atoms with Crippen LogP contribution in [-0.4, -0.2) is 40.4 Å². The van der Waals surface area contributed by atoms with E-state index in [-0.39, 0.29) is 5.69 Å². The molecule has 0 saturated heterocycles. The first-order chi connectivity index (χ1) is 16.3. The highest BCUT2D eigenvalue weighted by atomic mass is 32.2. The lowest BCUT2D eigenvalue weighted by Crippen LogP contribution is -2.39. The van der Waals surface area contributed by atoms with Gasteiger partial charge in [-0.3, -0.25) is 9.10 Å². The number of nitrogens with zero attached hydrogens (tertiary/aromatic N) is 2. The van der Waals surface area contributed by atoms with Gasteiger partial charge in [0.1, 0.15) is 24.7 Å². The molecule has 9 heteroatoms. The van der Waals surface area contributed by atoms with E-state index in [0.717, 1.165) is 27.3 Å². The molecule has 1 N–H and O–H groups in total. The van der Waals surface area contributed by atoms with Crippen molar-refractivity contribution in [3.05, 3.63) is 89.5 Å². The molecular weight excluding hydrogens is 454 g/mol. The van der Waals surface area contributed by atoms with E-state index < -0.39 is 22.5 Å². The van der Waals surface area contributed by atoms with E-state index in [4.69, 9.17) is 9.47 Å². The second-order valence-corrected chi connectivity index (χ2v) is 9.49. The molecule has 8 nitrogen and oxygen atoms in total. The molecule has 0 fully saturated rings. The largest absolute Gasteiger partial charge is 0.495 e. The predicted molar refractivity (Wildman–Crippen MR) is 133 cm³/mol. The number of amides is 1. The number of hydrazone groups is 1. The van der Waals surface area contributed by atoms with Gasteiger partial charge in [0, 0.05) is 0 Å². The van der Waals surface area contributed by atoms with E-state index >= 15 is 0 Å². The van der Waals surface area contributed by atoms with Crippen molar-refractivity contribution in [2.24, 2.45) is 5.10 Å². The summed E-state index contributed by atoms with van der Waals surface area (Å²) in [5.41, 5.74) is 5.30. The maximum absolute atomic E-state index is 12.4. The molecule has 0 unspecified atom stereocenters. The molecule has 0 atom stereocenters. The quantitative estimate of drug-likeness (QED) is 0.353. The summed E-state index contributed by atoms with van der Waals surface area (Å²) < 4.78 is 36.7. The van der Waals surface area contributed by atoms with Crippen LogP contribution < -0.4 is 19.2 Å². The summed E-state index contributed by atoms with van der Waals surface area (Å²) in [7, 11) is -2.30. The van der Waals surface area contributed by atoms with Gasteiger partial charge < -0.3 is 9.47 Å². The van der Waals surface area contributed by atoms with Gasteiger partial charge in [-0.2, -0.15) is 5.10 Å². The Hall–Kier alpha value is -3.85. The first-order valence-corrected chi connectivity index (χ1v) is 12.3. The monoisotopic (exact) mass is 481 g/mol. The molecule has 0 heterocycles. The molecule has 0 spiro atoms. The highest BCUT2D eigenvalue weighted by molar-refractivity contribution is 7.92.